The molecule has 0 unspecified atom stereocenters. The Bertz CT molecular complexity index is 2370. The van der Waals surface area contributed by atoms with E-state index in [-0.39, 0.29) is 0 Å². The van der Waals surface area contributed by atoms with Crippen molar-refractivity contribution in [2.24, 2.45) is 0 Å². The van der Waals surface area contributed by atoms with Gasteiger partial charge < -0.3 is 0 Å². The fraction of sp³-hybridized carbons (Fsp3) is 0. The van der Waals surface area contributed by atoms with Gasteiger partial charge in [0.05, 0.1) is 0 Å². The van der Waals surface area contributed by atoms with Gasteiger partial charge in [-0.2, -0.15) is 0 Å². The molecule has 0 spiro atoms. The predicted molar refractivity (Wildman–Crippen MR) is 237 cm³/mol. The minimum absolute atomic E-state index is 1.25. The van der Waals surface area contributed by atoms with Crippen LogP contribution in [-0.4, -0.2) is 78.5 Å². The van der Waals surface area contributed by atoms with Crippen LogP contribution in [0.2, 0.25) is 0 Å². The molecule has 0 heterocycles. The van der Waals surface area contributed by atoms with Gasteiger partial charge in [0, 0.05) is 0 Å². The number of hydrogen-bond acceptors (Lipinski definition) is 0. The lowest BCUT2D eigenvalue weighted by molar-refractivity contribution is 1.67. The van der Waals surface area contributed by atoms with Crippen molar-refractivity contribution >= 4 is 165 Å². The second-order valence-electron chi connectivity index (χ2n) is 13.6. The van der Waals surface area contributed by atoms with E-state index in [9.17, 15) is 0 Å². The van der Waals surface area contributed by atoms with Crippen molar-refractivity contribution < 1.29 is 0 Å². The van der Waals surface area contributed by atoms with Gasteiger partial charge in [0.2, 0.25) is 0 Å². The molecule has 0 bridgehead atoms. The van der Waals surface area contributed by atoms with Crippen molar-refractivity contribution in [1.29, 1.82) is 0 Å². The summed E-state index contributed by atoms with van der Waals surface area (Å²) in [6.45, 7) is 0. The third kappa shape index (κ3) is 4.51. The molecule has 0 N–H and O–H groups in total. The van der Waals surface area contributed by atoms with Gasteiger partial charge in [-0.3, -0.25) is 0 Å². The van der Waals surface area contributed by atoms with E-state index in [1.54, 1.807) is 0 Å². The smallest absolute Gasteiger partial charge is 0.102 e. The number of rotatable bonds is 3. The molecular weight excluding hydrogens is 541 g/mol. The second-order valence-corrected chi connectivity index (χ2v) is 13.6. The summed E-state index contributed by atoms with van der Waals surface area (Å²) in [6.07, 6.45) is 0. The maximum absolute atomic E-state index is 2.48. The third-order valence-electron chi connectivity index (χ3n) is 11.6. The van der Waals surface area contributed by atoms with Gasteiger partial charge in [-0.05, 0) is 77.8 Å². The molecular formula is C36H34B10. The summed E-state index contributed by atoms with van der Waals surface area (Å²) in [4.78, 5) is 0. The molecule has 0 aliphatic rings. The molecule has 10 heteroatoms. The highest BCUT2D eigenvalue weighted by molar-refractivity contribution is 6.70. The minimum atomic E-state index is 1.25. The van der Waals surface area contributed by atoms with Gasteiger partial charge in [-0.1, -0.05) is 94.6 Å². The molecule has 0 aromatic heterocycles. The molecule has 0 saturated heterocycles. The maximum Gasteiger partial charge on any atom is 0.139 e. The Kier molecular flexibility index (Phi) is 7.55. The standard InChI is InChI=1S/C36H34B10/c37-27-25(28(38)32(42)35(45)31(27)41)23-19-7-3-4-8-20(19)24(26-29(39)33(43)36(46)34(44)30(26)40)22-14-18(11-12-21(22)23)17-10-9-15-5-1-2-6-16(15)13-17/h1-14H,37-46H2. The molecule has 7 rings (SSSR count). The molecule has 0 saturated carbocycles. The van der Waals surface area contributed by atoms with Crippen LogP contribution >= 0.6 is 0 Å². The van der Waals surface area contributed by atoms with Gasteiger partial charge in [-0.15, -0.1) is 32.8 Å². The fourth-order valence-electron chi connectivity index (χ4n) is 8.02. The fourth-order valence-corrected chi connectivity index (χ4v) is 8.02. The van der Waals surface area contributed by atoms with Crippen LogP contribution in [0.5, 0.6) is 0 Å². The Labute approximate surface area is 282 Å². The predicted octanol–water partition coefficient (Wildman–Crippen LogP) is -7.27. The van der Waals surface area contributed by atoms with Gasteiger partial charge in [0.15, 0.2) is 0 Å². The molecule has 0 nitrogen and oxygen atoms in total. The highest BCUT2D eigenvalue weighted by Gasteiger charge is 2.23. The lowest BCUT2D eigenvalue weighted by Crippen LogP contribution is -2.55. The minimum Gasteiger partial charge on any atom is -0.102 e. The molecule has 0 atom stereocenters. The van der Waals surface area contributed by atoms with Crippen LogP contribution in [-0.2, 0) is 0 Å². The van der Waals surface area contributed by atoms with E-state index in [4.69, 9.17) is 0 Å². The largest absolute Gasteiger partial charge is 0.139 e. The van der Waals surface area contributed by atoms with E-state index < -0.39 is 0 Å². The highest BCUT2D eigenvalue weighted by atomic mass is 14.2. The van der Waals surface area contributed by atoms with Crippen molar-refractivity contribution in [3.05, 3.63) is 84.9 Å². The van der Waals surface area contributed by atoms with Crippen LogP contribution in [0.25, 0.3) is 65.7 Å². The normalized spacial score (nSPS) is 11.5. The average Bonchev–Trinajstić information content (AvgIpc) is 3.08. The van der Waals surface area contributed by atoms with Gasteiger partial charge in [0.25, 0.3) is 0 Å². The molecule has 7 aromatic carbocycles. The molecule has 0 radical (unpaired) electrons. The maximum atomic E-state index is 2.48. The first-order valence-corrected chi connectivity index (χ1v) is 16.6. The van der Waals surface area contributed by atoms with E-state index in [0.717, 1.165) is 0 Å². The topological polar surface area (TPSA) is 0 Å². The first-order valence-electron chi connectivity index (χ1n) is 16.6. The van der Waals surface area contributed by atoms with Crippen LogP contribution in [0.15, 0.2) is 84.9 Å². The molecule has 0 aliphatic carbocycles. The lowest BCUT2D eigenvalue weighted by atomic mass is 9.58. The summed E-state index contributed by atoms with van der Waals surface area (Å²) in [5.74, 6) is 0. The quantitative estimate of drug-likeness (QED) is 0.145. The second kappa shape index (κ2) is 11.3. The van der Waals surface area contributed by atoms with E-state index >= 15 is 0 Å². The summed E-state index contributed by atoms with van der Waals surface area (Å²) in [6, 6.07) is 31.9. The van der Waals surface area contributed by atoms with Crippen molar-refractivity contribution in [3.8, 4) is 33.4 Å². The summed E-state index contributed by atoms with van der Waals surface area (Å²) in [5.41, 5.74) is 21.9. The zero-order valence-corrected chi connectivity index (χ0v) is 29.1. The van der Waals surface area contributed by atoms with E-state index in [2.05, 4.69) is 163 Å². The van der Waals surface area contributed by atoms with Crippen molar-refractivity contribution in [3.63, 3.8) is 0 Å². The summed E-state index contributed by atoms with van der Waals surface area (Å²) in [5, 5.41) is 7.84. The molecule has 208 valence electrons. The van der Waals surface area contributed by atoms with Crippen LogP contribution < -0.4 is 54.6 Å². The molecule has 0 fully saturated rings. The monoisotopic (exact) mass is 576 g/mol. The first-order chi connectivity index (χ1) is 22.0. The van der Waals surface area contributed by atoms with Gasteiger partial charge in [-0.25, -0.2) is 0 Å². The van der Waals surface area contributed by atoms with Crippen molar-refractivity contribution in [2.75, 3.05) is 0 Å². The van der Waals surface area contributed by atoms with Crippen LogP contribution in [0.3, 0.4) is 0 Å². The third-order valence-corrected chi connectivity index (χ3v) is 11.6. The molecule has 0 amide bonds. The SMILES string of the molecule is Bc1c(B)c(B)c(-c2c3ccccc3c(-c3c(B)c(B)c(B)c(B)c3B)c3cc(-c4ccc5ccccc5c4)ccc23)c(B)c1B. The van der Waals surface area contributed by atoms with Crippen LogP contribution in [0.1, 0.15) is 0 Å². The summed E-state index contributed by atoms with van der Waals surface area (Å²) < 4.78 is 0. The molecule has 7 aromatic rings. The van der Waals surface area contributed by atoms with Crippen LogP contribution in [0, 0.1) is 0 Å². The molecule has 0 aliphatic heterocycles. The van der Waals surface area contributed by atoms with E-state index in [0.29, 0.717) is 0 Å². The zero-order chi connectivity index (χ0) is 32.6. The lowest BCUT2D eigenvalue weighted by Gasteiger charge is -2.27. The van der Waals surface area contributed by atoms with Crippen molar-refractivity contribution in [1.82, 2.24) is 0 Å². The van der Waals surface area contributed by atoms with E-state index in [1.165, 1.54) is 120 Å². The molecule has 46 heavy (non-hydrogen) atoms. The summed E-state index contributed by atoms with van der Waals surface area (Å²) >= 11 is 0. The summed E-state index contributed by atoms with van der Waals surface area (Å²) in [7, 11) is 23.0. The Morgan fingerprint density at radius 2 is 0.630 bits per heavy atom. The zero-order valence-electron chi connectivity index (χ0n) is 29.1. The average molecular weight is 575 g/mol. The Morgan fingerprint density at radius 3 is 1.15 bits per heavy atom. The first kappa shape index (κ1) is 30.6. The van der Waals surface area contributed by atoms with Gasteiger partial charge >= 0.3 is 0 Å². The highest BCUT2D eigenvalue weighted by Crippen LogP contribution is 2.43. The van der Waals surface area contributed by atoms with Gasteiger partial charge in [0.1, 0.15) is 78.5 Å². The van der Waals surface area contributed by atoms with E-state index in [1.807, 2.05) is 0 Å². The Balaban J connectivity index is 1.70. The van der Waals surface area contributed by atoms with Crippen LogP contribution in [0.4, 0.5) is 0 Å². The Morgan fingerprint density at radius 1 is 0.261 bits per heavy atom. The number of fused-ring (bicyclic) bond motifs is 3. The number of hydrogen-bond donors (Lipinski definition) is 0. The van der Waals surface area contributed by atoms with Crippen molar-refractivity contribution in [2.45, 2.75) is 0 Å². The number of benzene rings is 7. The Hall–Kier alpha value is -4.03.